The molecular formula is C16H22O10. The molecule has 1 aliphatic heterocycles. The normalized spacial score (nSPS) is 27.7. The van der Waals surface area contributed by atoms with Gasteiger partial charge >= 0.3 is 17.9 Å². The Morgan fingerprint density at radius 3 is 2.15 bits per heavy atom. The molecule has 4 atom stereocenters. The first-order chi connectivity index (χ1) is 12.2. The lowest BCUT2D eigenvalue weighted by Crippen LogP contribution is -2.52. The molecule has 1 aliphatic rings. The molecule has 10 heteroatoms. The van der Waals surface area contributed by atoms with E-state index in [2.05, 4.69) is 5.92 Å². The molecule has 0 aliphatic carbocycles. The smallest absolute Gasteiger partial charge is 0.347 e. The molecule has 1 rings (SSSR count). The molecule has 26 heavy (non-hydrogen) atoms. The summed E-state index contributed by atoms with van der Waals surface area (Å²) in [5.74, 6) is -0.748. The van der Waals surface area contributed by atoms with Crippen molar-refractivity contribution in [2.75, 3.05) is 19.8 Å². The Labute approximate surface area is 150 Å². The standard InChI is InChI=1S/C16H22O10/c1-5-16(26-9(4)17)10(25-15(21)12(16)18)8-24-11(13(19)22-6-2)14(20)23-7-3/h1,10-12,15,18,21H,6-8H2,2-4H3/t10-,12+,15?,16-/m1/s1. The summed E-state index contributed by atoms with van der Waals surface area (Å²) in [4.78, 5) is 35.1. The molecule has 1 unspecified atom stereocenters. The van der Waals surface area contributed by atoms with Crippen LogP contribution in [-0.2, 0) is 38.1 Å². The Hall–Kier alpha value is -2.19. The second-order valence-corrected chi connectivity index (χ2v) is 5.21. The summed E-state index contributed by atoms with van der Waals surface area (Å²) in [6, 6.07) is 0. The predicted octanol–water partition coefficient (Wildman–Crippen LogP) is -1.49. The molecular weight excluding hydrogens is 352 g/mol. The number of carbonyl (C=O) groups excluding carboxylic acids is 3. The van der Waals surface area contributed by atoms with Crippen molar-refractivity contribution in [1.82, 2.24) is 0 Å². The molecule has 0 bridgehead atoms. The topological polar surface area (TPSA) is 138 Å². The maximum atomic E-state index is 11.9. The molecule has 10 nitrogen and oxygen atoms in total. The van der Waals surface area contributed by atoms with Gasteiger partial charge in [-0.2, -0.15) is 0 Å². The van der Waals surface area contributed by atoms with Crippen LogP contribution in [0.15, 0.2) is 0 Å². The zero-order valence-corrected chi connectivity index (χ0v) is 14.7. The minimum Gasteiger partial charge on any atom is -0.464 e. The van der Waals surface area contributed by atoms with Crippen molar-refractivity contribution in [1.29, 1.82) is 0 Å². The predicted molar refractivity (Wildman–Crippen MR) is 83.2 cm³/mol. The van der Waals surface area contributed by atoms with E-state index in [1.165, 1.54) is 13.8 Å². The molecule has 0 aromatic rings. The van der Waals surface area contributed by atoms with E-state index < -0.39 is 54.7 Å². The van der Waals surface area contributed by atoms with E-state index in [0.29, 0.717) is 0 Å². The van der Waals surface area contributed by atoms with Crippen LogP contribution < -0.4 is 0 Å². The lowest BCUT2D eigenvalue weighted by atomic mass is 9.93. The summed E-state index contributed by atoms with van der Waals surface area (Å²) in [5, 5.41) is 19.7. The van der Waals surface area contributed by atoms with Crippen LogP contribution in [0.25, 0.3) is 0 Å². The van der Waals surface area contributed by atoms with Crippen molar-refractivity contribution in [3.05, 3.63) is 0 Å². The van der Waals surface area contributed by atoms with Gasteiger partial charge < -0.3 is 33.9 Å². The zero-order chi connectivity index (χ0) is 19.9. The van der Waals surface area contributed by atoms with Crippen LogP contribution in [0, 0.1) is 12.3 Å². The van der Waals surface area contributed by atoms with Gasteiger partial charge in [0.05, 0.1) is 19.8 Å². The van der Waals surface area contributed by atoms with Gasteiger partial charge in [0.25, 0.3) is 6.10 Å². The molecule has 0 aromatic heterocycles. The first-order valence-electron chi connectivity index (χ1n) is 7.87. The fourth-order valence-electron chi connectivity index (χ4n) is 2.33. The number of hydrogen-bond donors (Lipinski definition) is 2. The van der Waals surface area contributed by atoms with Crippen LogP contribution in [0.3, 0.4) is 0 Å². The van der Waals surface area contributed by atoms with E-state index >= 15 is 0 Å². The zero-order valence-electron chi connectivity index (χ0n) is 14.7. The molecule has 0 aromatic carbocycles. The van der Waals surface area contributed by atoms with Crippen LogP contribution >= 0.6 is 0 Å². The van der Waals surface area contributed by atoms with Gasteiger partial charge in [-0.05, 0) is 13.8 Å². The van der Waals surface area contributed by atoms with Gasteiger partial charge in [0.2, 0.25) is 5.60 Å². The highest BCUT2D eigenvalue weighted by molar-refractivity contribution is 5.98. The molecule has 0 spiro atoms. The first-order valence-corrected chi connectivity index (χ1v) is 7.87. The van der Waals surface area contributed by atoms with Crippen LogP contribution in [0.4, 0.5) is 0 Å². The fraction of sp³-hybridized carbons (Fsp3) is 0.688. The van der Waals surface area contributed by atoms with E-state index in [0.717, 1.165) is 6.92 Å². The van der Waals surface area contributed by atoms with Crippen molar-refractivity contribution in [3.63, 3.8) is 0 Å². The van der Waals surface area contributed by atoms with E-state index in [4.69, 9.17) is 30.1 Å². The van der Waals surface area contributed by atoms with Crippen molar-refractivity contribution in [2.24, 2.45) is 0 Å². The number of terminal acetylenes is 1. The summed E-state index contributed by atoms with van der Waals surface area (Å²) < 4.78 is 24.7. The fourth-order valence-corrected chi connectivity index (χ4v) is 2.33. The van der Waals surface area contributed by atoms with Gasteiger partial charge in [0.1, 0.15) is 6.10 Å². The summed E-state index contributed by atoms with van der Waals surface area (Å²) in [5.41, 5.74) is -2.06. The Morgan fingerprint density at radius 1 is 1.19 bits per heavy atom. The summed E-state index contributed by atoms with van der Waals surface area (Å²) in [6.07, 6.45) is -1.24. The van der Waals surface area contributed by atoms with Crippen LogP contribution in [0.2, 0.25) is 0 Å². The maximum absolute atomic E-state index is 11.9. The molecule has 1 saturated heterocycles. The molecule has 2 N–H and O–H groups in total. The highest BCUT2D eigenvalue weighted by atomic mass is 16.7. The average molecular weight is 374 g/mol. The van der Waals surface area contributed by atoms with Crippen molar-refractivity contribution < 1.29 is 48.3 Å². The van der Waals surface area contributed by atoms with Crippen LogP contribution in [0.1, 0.15) is 20.8 Å². The summed E-state index contributed by atoms with van der Waals surface area (Å²) >= 11 is 0. The average Bonchev–Trinajstić information content (AvgIpc) is 2.80. The minimum atomic E-state index is -2.06. The molecule has 0 radical (unpaired) electrons. The third kappa shape index (κ3) is 4.70. The van der Waals surface area contributed by atoms with Crippen molar-refractivity contribution >= 4 is 17.9 Å². The van der Waals surface area contributed by atoms with E-state index in [1.54, 1.807) is 0 Å². The van der Waals surface area contributed by atoms with E-state index in [9.17, 15) is 24.6 Å². The monoisotopic (exact) mass is 374 g/mol. The molecule has 146 valence electrons. The largest absolute Gasteiger partial charge is 0.464 e. The summed E-state index contributed by atoms with van der Waals surface area (Å²) in [6.45, 7) is 3.55. The lowest BCUT2D eigenvalue weighted by molar-refractivity contribution is -0.183. The minimum absolute atomic E-state index is 0.00278. The van der Waals surface area contributed by atoms with Gasteiger partial charge in [-0.1, -0.05) is 5.92 Å². The Balaban J connectivity index is 2.98. The second-order valence-electron chi connectivity index (χ2n) is 5.21. The number of carbonyl (C=O) groups is 3. The second kappa shape index (κ2) is 9.49. The van der Waals surface area contributed by atoms with Gasteiger partial charge in [0.15, 0.2) is 12.4 Å². The first kappa shape index (κ1) is 21.9. The van der Waals surface area contributed by atoms with Crippen LogP contribution in [0.5, 0.6) is 0 Å². The quantitative estimate of drug-likeness (QED) is 0.224. The summed E-state index contributed by atoms with van der Waals surface area (Å²) in [7, 11) is 0. The molecule has 1 heterocycles. The van der Waals surface area contributed by atoms with Gasteiger partial charge in [0, 0.05) is 6.92 Å². The van der Waals surface area contributed by atoms with Crippen LogP contribution in [-0.4, -0.2) is 78.1 Å². The third-order valence-corrected chi connectivity index (χ3v) is 3.45. The number of hydrogen-bond acceptors (Lipinski definition) is 10. The van der Waals surface area contributed by atoms with Gasteiger partial charge in [-0.3, -0.25) is 4.79 Å². The van der Waals surface area contributed by atoms with E-state index in [1.807, 2.05) is 0 Å². The number of esters is 3. The Morgan fingerprint density at radius 2 is 1.73 bits per heavy atom. The Bertz CT molecular complexity index is 550. The molecule has 1 fully saturated rings. The molecule has 0 amide bonds. The third-order valence-electron chi connectivity index (χ3n) is 3.45. The highest BCUT2D eigenvalue weighted by Gasteiger charge is 2.58. The maximum Gasteiger partial charge on any atom is 0.347 e. The van der Waals surface area contributed by atoms with Gasteiger partial charge in [-0.25, -0.2) is 9.59 Å². The molecule has 0 saturated carbocycles. The lowest BCUT2D eigenvalue weighted by Gasteiger charge is -2.30. The number of aliphatic hydroxyl groups excluding tert-OH is 2. The number of rotatable bonds is 8. The van der Waals surface area contributed by atoms with Gasteiger partial charge in [-0.15, -0.1) is 6.42 Å². The Kier molecular flexibility index (Phi) is 7.98. The highest BCUT2D eigenvalue weighted by Crippen LogP contribution is 2.34. The number of aliphatic hydroxyl groups is 2. The number of ether oxygens (including phenoxy) is 5. The SMILES string of the molecule is C#C[C@@]1(OC(C)=O)[C@@H](COC(C(=O)OCC)C(=O)OCC)OC(O)[C@@H]1O. The van der Waals surface area contributed by atoms with E-state index in [-0.39, 0.29) is 13.2 Å². The van der Waals surface area contributed by atoms with Crippen molar-refractivity contribution in [2.45, 2.75) is 51.0 Å². The van der Waals surface area contributed by atoms with Crippen molar-refractivity contribution in [3.8, 4) is 12.3 Å².